The topological polar surface area (TPSA) is 0 Å². The van der Waals surface area contributed by atoms with Crippen molar-refractivity contribution in [2.24, 2.45) is 11.3 Å². The predicted molar refractivity (Wildman–Crippen MR) is 54.8 cm³/mol. The Balaban J connectivity index is 2.91. The molecule has 12 heavy (non-hydrogen) atoms. The Hall–Kier alpha value is -0.520. The summed E-state index contributed by atoms with van der Waals surface area (Å²) in [4.78, 5) is 0. The maximum Gasteiger partial charge on any atom is -0.00711 e. The van der Waals surface area contributed by atoms with Crippen LogP contribution in [0.5, 0.6) is 0 Å². The third kappa shape index (κ3) is 2.23. The van der Waals surface area contributed by atoms with Crippen LogP contribution >= 0.6 is 0 Å². The van der Waals surface area contributed by atoms with Crippen molar-refractivity contribution in [3.63, 3.8) is 0 Å². The Kier molecular flexibility index (Phi) is 2.46. The fourth-order valence-corrected chi connectivity index (χ4v) is 1.55. The molecule has 67 valence electrons. The summed E-state index contributed by atoms with van der Waals surface area (Å²) < 4.78 is 0. The molecule has 0 saturated carbocycles. The van der Waals surface area contributed by atoms with Crippen LogP contribution in [0, 0.1) is 17.8 Å². The summed E-state index contributed by atoms with van der Waals surface area (Å²) in [5.74, 6) is 0.601. The van der Waals surface area contributed by atoms with Crippen LogP contribution in [0.2, 0.25) is 0 Å². The Morgan fingerprint density at radius 3 is 2.25 bits per heavy atom. The molecule has 0 saturated heterocycles. The van der Waals surface area contributed by atoms with Gasteiger partial charge in [0.15, 0.2) is 0 Å². The summed E-state index contributed by atoms with van der Waals surface area (Å²) in [5, 5.41) is 0. The minimum absolute atomic E-state index is 0.295. The fraction of sp³-hybridized carbons (Fsp3) is 0.583. The van der Waals surface area contributed by atoms with Crippen LogP contribution in [0.15, 0.2) is 23.3 Å². The van der Waals surface area contributed by atoms with Gasteiger partial charge in [-0.05, 0) is 30.3 Å². The molecule has 1 aliphatic carbocycles. The quantitative estimate of drug-likeness (QED) is 0.510. The van der Waals surface area contributed by atoms with Gasteiger partial charge in [0.05, 0.1) is 0 Å². The first-order chi connectivity index (χ1) is 5.39. The van der Waals surface area contributed by atoms with E-state index in [1.54, 1.807) is 0 Å². The van der Waals surface area contributed by atoms with Crippen LogP contribution in [-0.4, -0.2) is 0 Å². The first kappa shape index (κ1) is 9.57. The summed E-state index contributed by atoms with van der Waals surface area (Å²) in [7, 11) is 0. The number of hydrogen-bond donors (Lipinski definition) is 0. The van der Waals surface area contributed by atoms with Gasteiger partial charge in [-0.15, -0.1) is 0 Å². The third-order valence-electron chi connectivity index (χ3n) is 2.22. The standard InChI is InChI=1S/C12H19/c1-9-6-10(2)8-11(7-9)12(3,4)5/h6-9H,1-5H3. The molecule has 0 spiro atoms. The average Bonchev–Trinajstić information content (AvgIpc) is 1.82. The second-order valence-corrected chi connectivity index (χ2v) is 4.79. The molecule has 0 aromatic carbocycles. The summed E-state index contributed by atoms with van der Waals surface area (Å²) in [6.45, 7) is 11.2. The minimum atomic E-state index is 0.295. The molecule has 0 nitrogen and oxygen atoms in total. The predicted octanol–water partition coefficient (Wildman–Crippen LogP) is 3.76. The summed E-state index contributed by atoms with van der Waals surface area (Å²) in [6.07, 6.45) is 6.95. The molecule has 0 heterocycles. The zero-order chi connectivity index (χ0) is 9.35. The molecular weight excluding hydrogens is 144 g/mol. The van der Waals surface area contributed by atoms with Gasteiger partial charge in [0.2, 0.25) is 0 Å². The van der Waals surface area contributed by atoms with Gasteiger partial charge in [-0.1, -0.05) is 45.4 Å². The van der Waals surface area contributed by atoms with E-state index in [1.807, 2.05) is 0 Å². The van der Waals surface area contributed by atoms with Crippen molar-refractivity contribution in [1.29, 1.82) is 0 Å². The van der Waals surface area contributed by atoms with E-state index in [9.17, 15) is 0 Å². The molecule has 0 N–H and O–H groups in total. The minimum Gasteiger partial charge on any atom is -0.0773 e. The van der Waals surface area contributed by atoms with Crippen molar-refractivity contribution >= 4 is 0 Å². The molecule has 0 aromatic rings. The van der Waals surface area contributed by atoms with E-state index >= 15 is 0 Å². The van der Waals surface area contributed by atoms with E-state index in [4.69, 9.17) is 0 Å². The molecule has 0 aromatic heterocycles. The maximum absolute atomic E-state index is 2.35. The molecule has 1 atom stereocenters. The van der Waals surface area contributed by atoms with E-state index in [0.717, 1.165) is 0 Å². The summed E-state index contributed by atoms with van der Waals surface area (Å²) in [6, 6.07) is 0. The number of hydrogen-bond acceptors (Lipinski definition) is 0. The van der Waals surface area contributed by atoms with Crippen molar-refractivity contribution in [2.75, 3.05) is 0 Å². The molecular formula is C12H19. The monoisotopic (exact) mass is 163 g/mol. The van der Waals surface area contributed by atoms with Crippen molar-refractivity contribution < 1.29 is 0 Å². The maximum atomic E-state index is 2.35. The van der Waals surface area contributed by atoms with Crippen LogP contribution < -0.4 is 0 Å². The van der Waals surface area contributed by atoms with Crippen LogP contribution in [0.4, 0.5) is 0 Å². The van der Waals surface area contributed by atoms with Crippen LogP contribution in [0.1, 0.15) is 34.6 Å². The normalized spacial score (nSPS) is 24.9. The van der Waals surface area contributed by atoms with E-state index in [2.05, 4.69) is 53.2 Å². The van der Waals surface area contributed by atoms with Gasteiger partial charge in [-0.3, -0.25) is 0 Å². The highest BCUT2D eigenvalue weighted by Crippen LogP contribution is 2.32. The van der Waals surface area contributed by atoms with Gasteiger partial charge in [-0.25, -0.2) is 0 Å². The lowest BCUT2D eigenvalue weighted by Crippen LogP contribution is -2.12. The Labute approximate surface area is 76.4 Å². The van der Waals surface area contributed by atoms with E-state index in [0.29, 0.717) is 11.3 Å². The number of allylic oxidation sites excluding steroid dienone is 4. The fourth-order valence-electron chi connectivity index (χ4n) is 1.55. The van der Waals surface area contributed by atoms with Gasteiger partial charge >= 0.3 is 0 Å². The van der Waals surface area contributed by atoms with Gasteiger partial charge in [0.25, 0.3) is 0 Å². The lowest BCUT2D eigenvalue weighted by atomic mass is 9.79. The molecule has 1 aliphatic rings. The van der Waals surface area contributed by atoms with Gasteiger partial charge < -0.3 is 0 Å². The molecule has 0 amide bonds. The molecule has 0 heteroatoms. The van der Waals surface area contributed by atoms with E-state index in [1.165, 1.54) is 11.1 Å². The molecule has 0 aliphatic heterocycles. The van der Waals surface area contributed by atoms with Crippen LogP contribution in [-0.2, 0) is 0 Å². The zero-order valence-electron chi connectivity index (χ0n) is 8.81. The Morgan fingerprint density at radius 2 is 1.83 bits per heavy atom. The SMILES string of the molecule is CC1=CC(C(C)(C)C)=CC(C)[CH]1. The lowest BCUT2D eigenvalue weighted by molar-refractivity contribution is 0.508. The largest absolute Gasteiger partial charge is 0.0773 e. The molecule has 0 bridgehead atoms. The van der Waals surface area contributed by atoms with Crippen molar-refractivity contribution in [3.8, 4) is 0 Å². The smallest absolute Gasteiger partial charge is 0.00711 e. The number of rotatable bonds is 0. The third-order valence-corrected chi connectivity index (χ3v) is 2.22. The zero-order valence-corrected chi connectivity index (χ0v) is 8.81. The van der Waals surface area contributed by atoms with Crippen LogP contribution in [0.25, 0.3) is 0 Å². The highest BCUT2D eigenvalue weighted by Gasteiger charge is 2.19. The molecule has 1 rings (SSSR count). The highest BCUT2D eigenvalue weighted by molar-refractivity contribution is 5.37. The Bertz CT molecular complexity index is 223. The van der Waals surface area contributed by atoms with Crippen molar-refractivity contribution in [1.82, 2.24) is 0 Å². The van der Waals surface area contributed by atoms with Crippen LogP contribution in [0.3, 0.4) is 0 Å². The van der Waals surface area contributed by atoms with Gasteiger partial charge in [0.1, 0.15) is 0 Å². The Morgan fingerprint density at radius 1 is 1.25 bits per heavy atom. The van der Waals surface area contributed by atoms with Crippen molar-refractivity contribution in [3.05, 3.63) is 29.7 Å². The summed E-state index contributed by atoms with van der Waals surface area (Å²) >= 11 is 0. The highest BCUT2D eigenvalue weighted by atomic mass is 14.2. The molecule has 1 unspecified atom stereocenters. The average molecular weight is 163 g/mol. The first-order valence-corrected chi connectivity index (χ1v) is 4.65. The van der Waals surface area contributed by atoms with E-state index in [-0.39, 0.29) is 0 Å². The van der Waals surface area contributed by atoms with Crippen molar-refractivity contribution in [2.45, 2.75) is 34.6 Å². The first-order valence-electron chi connectivity index (χ1n) is 4.65. The van der Waals surface area contributed by atoms with E-state index < -0.39 is 0 Å². The molecule has 0 fully saturated rings. The van der Waals surface area contributed by atoms with Gasteiger partial charge in [-0.2, -0.15) is 0 Å². The molecule has 1 radical (unpaired) electrons. The lowest BCUT2D eigenvalue weighted by Gasteiger charge is -2.26. The van der Waals surface area contributed by atoms with Gasteiger partial charge in [0, 0.05) is 0 Å². The second kappa shape index (κ2) is 3.08. The second-order valence-electron chi connectivity index (χ2n) is 4.79. The summed E-state index contributed by atoms with van der Waals surface area (Å²) in [5.41, 5.74) is 3.16.